The van der Waals surface area contributed by atoms with Crippen LogP contribution in [-0.2, 0) is 11.3 Å². The zero-order chi connectivity index (χ0) is 15.2. The molecule has 22 heavy (non-hydrogen) atoms. The second-order valence-corrected chi connectivity index (χ2v) is 5.96. The van der Waals surface area contributed by atoms with Gasteiger partial charge in [0.1, 0.15) is 0 Å². The van der Waals surface area contributed by atoms with Crippen molar-refractivity contribution in [1.29, 1.82) is 0 Å². The van der Waals surface area contributed by atoms with E-state index >= 15 is 0 Å². The Bertz CT molecular complexity index is 637. The van der Waals surface area contributed by atoms with Gasteiger partial charge in [-0.05, 0) is 46.7 Å². The van der Waals surface area contributed by atoms with Crippen molar-refractivity contribution >= 4 is 17.2 Å². The molecule has 0 aliphatic heterocycles. The van der Waals surface area contributed by atoms with E-state index in [0.29, 0.717) is 13.0 Å². The van der Waals surface area contributed by atoms with Crippen LogP contribution < -0.4 is 5.32 Å². The van der Waals surface area contributed by atoms with E-state index in [1.807, 2.05) is 49.1 Å². The second kappa shape index (κ2) is 7.13. The summed E-state index contributed by atoms with van der Waals surface area (Å²) in [4.78, 5) is 12.2. The van der Waals surface area contributed by atoms with Crippen LogP contribution in [0, 0.1) is 0 Å². The van der Waals surface area contributed by atoms with E-state index in [9.17, 15) is 4.79 Å². The Labute approximate surface area is 134 Å². The standard InChI is InChI=1S/C17H19N3OS/c21-17(18-6-11-19-7-1-2-8-19)13-16(15-5-12-22-14-15)20-9-3-4-10-20/h1-5,7-10,12,14,16H,6,11,13H2,(H,18,21). The van der Waals surface area contributed by atoms with Gasteiger partial charge in [-0.15, -0.1) is 0 Å². The summed E-state index contributed by atoms with van der Waals surface area (Å²) in [5.74, 6) is 0.0806. The Hall–Kier alpha value is -2.27. The second-order valence-electron chi connectivity index (χ2n) is 5.18. The predicted molar refractivity (Wildman–Crippen MR) is 88.9 cm³/mol. The highest BCUT2D eigenvalue weighted by molar-refractivity contribution is 7.07. The highest BCUT2D eigenvalue weighted by Gasteiger charge is 2.17. The molecule has 3 heterocycles. The molecule has 5 heteroatoms. The van der Waals surface area contributed by atoms with Gasteiger partial charge in [0.25, 0.3) is 0 Å². The summed E-state index contributed by atoms with van der Waals surface area (Å²) in [6, 6.07) is 10.1. The van der Waals surface area contributed by atoms with E-state index < -0.39 is 0 Å². The van der Waals surface area contributed by atoms with Crippen molar-refractivity contribution in [2.45, 2.75) is 19.0 Å². The fraction of sp³-hybridized carbons (Fsp3) is 0.235. The number of rotatable bonds is 7. The van der Waals surface area contributed by atoms with Gasteiger partial charge in [0.15, 0.2) is 0 Å². The molecule has 4 nitrogen and oxygen atoms in total. The number of hydrogen-bond acceptors (Lipinski definition) is 2. The number of nitrogens with one attached hydrogen (secondary N) is 1. The molecule has 114 valence electrons. The zero-order valence-electron chi connectivity index (χ0n) is 12.3. The molecule has 0 saturated carbocycles. The van der Waals surface area contributed by atoms with Crippen LogP contribution in [0.25, 0.3) is 0 Å². The van der Waals surface area contributed by atoms with E-state index in [0.717, 1.165) is 6.54 Å². The maximum absolute atomic E-state index is 12.2. The molecular formula is C17H19N3OS. The highest BCUT2D eigenvalue weighted by Crippen LogP contribution is 2.24. The molecule has 1 N–H and O–H groups in total. The number of nitrogens with zero attached hydrogens (tertiary/aromatic N) is 2. The molecular weight excluding hydrogens is 294 g/mol. The summed E-state index contributed by atoms with van der Waals surface area (Å²) in [6.45, 7) is 1.45. The van der Waals surface area contributed by atoms with Crippen LogP contribution in [0.3, 0.4) is 0 Å². The molecule has 0 spiro atoms. The summed E-state index contributed by atoms with van der Waals surface area (Å²) in [5, 5.41) is 7.17. The molecule has 0 fully saturated rings. The van der Waals surface area contributed by atoms with Gasteiger partial charge in [0.05, 0.1) is 12.5 Å². The van der Waals surface area contributed by atoms with Crippen LogP contribution >= 0.6 is 11.3 Å². The van der Waals surface area contributed by atoms with E-state index in [2.05, 4.69) is 31.3 Å². The lowest BCUT2D eigenvalue weighted by atomic mass is 10.1. The summed E-state index contributed by atoms with van der Waals surface area (Å²) < 4.78 is 4.15. The highest BCUT2D eigenvalue weighted by atomic mass is 32.1. The Morgan fingerprint density at radius 1 is 1.14 bits per heavy atom. The molecule has 3 rings (SSSR count). The SMILES string of the molecule is O=C(CC(c1ccsc1)n1cccc1)NCCn1cccc1. The number of thiophene rings is 1. The van der Waals surface area contributed by atoms with Crippen LogP contribution in [0.1, 0.15) is 18.0 Å². The topological polar surface area (TPSA) is 39.0 Å². The quantitative estimate of drug-likeness (QED) is 0.715. The molecule has 0 aliphatic carbocycles. The van der Waals surface area contributed by atoms with Crippen LogP contribution in [0.4, 0.5) is 0 Å². The summed E-state index contributed by atoms with van der Waals surface area (Å²) in [7, 11) is 0. The van der Waals surface area contributed by atoms with Crippen LogP contribution in [0.2, 0.25) is 0 Å². The average molecular weight is 313 g/mol. The lowest BCUT2D eigenvalue weighted by Crippen LogP contribution is -2.29. The normalized spacial score (nSPS) is 12.2. The Kier molecular flexibility index (Phi) is 4.75. The van der Waals surface area contributed by atoms with Crippen molar-refractivity contribution < 1.29 is 4.79 Å². The first kappa shape index (κ1) is 14.7. The van der Waals surface area contributed by atoms with Crippen LogP contribution in [0.15, 0.2) is 65.9 Å². The monoisotopic (exact) mass is 313 g/mol. The van der Waals surface area contributed by atoms with Gasteiger partial charge in [0.2, 0.25) is 5.91 Å². The fourth-order valence-corrected chi connectivity index (χ4v) is 3.21. The van der Waals surface area contributed by atoms with E-state index in [1.165, 1.54) is 5.56 Å². The minimum Gasteiger partial charge on any atom is -0.354 e. The third-order valence-electron chi connectivity index (χ3n) is 3.65. The third-order valence-corrected chi connectivity index (χ3v) is 4.35. The first-order valence-corrected chi connectivity index (χ1v) is 8.29. The van der Waals surface area contributed by atoms with Crippen LogP contribution in [-0.4, -0.2) is 21.6 Å². The van der Waals surface area contributed by atoms with E-state index in [4.69, 9.17) is 0 Å². The first-order valence-electron chi connectivity index (χ1n) is 7.35. The Morgan fingerprint density at radius 3 is 2.55 bits per heavy atom. The van der Waals surface area contributed by atoms with Gasteiger partial charge < -0.3 is 14.5 Å². The predicted octanol–water partition coefficient (Wildman–Crippen LogP) is 3.15. The van der Waals surface area contributed by atoms with Crippen LogP contribution in [0.5, 0.6) is 0 Å². The van der Waals surface area contributed by atoms with Gasteiger partial charge in [-0.3, -0.25) is 4.79 Å². The zero-order valence-corrected chi connectivity index (χ0v) is 13.1. The number of aromatic nitrogens is 2. The fourth-order valence-electron chi connectivity index (χ4n) is 2.51. The molecule has 1 unspecified atom stereocenters. The van der Waals surface area contributed by atoms with Gasteiger partial charge >= 0.3 is 0 Å². The van der Waals surface area contributed by atoms with E-state index in [1.54, 1.807) is 11.3 Å². The average Bonchev–Trinajstić information content (AvgIpc) is 3.26. The summed E-state index contributed by atoms with van der Waals surface area (Å²) >= 11 is 1.66. The van der Waals surface area contributed by atoms with Gasteiger partial charge in [-0.1, -0.05) is 0 Å². The minimum absolute atomic E-state index is 0.0628. The Morgan fingerprint density at radius 2 is 1.86 bits per heavy atom. The summed E-state index contributed by atoms with van der Waals surface area (Å²) in [5.41, 5.74) is 1.18. The molecule has 3 aromatic rings. The van der Waals surface area contributed by atoms with E-state index in [-0.39, 0.29) is 11.9 Å². The first-order chi connectivity index (χ1) is 10.8. The smallest absolute Gasteiger partial charge is 0.222 e. The van der Waals surface area contributed by atoms with Crippen molar-refractivity contribution in [3.63, 3.8) is 0 Å². The van der Waals surface area contributed by atoms with Gasteiger partial charge in [-0.25, -0.2) is 0 Å². The summed E-state index contributed by atoms with van der Waals surface area (Å²) in [6.07, 6.45) is 8.47. The molecule has 0 radical (unpaired) electrons. The van der Waals surface area contributed by atoms with Gasteiger partial charge in [-0.2, -0.15) is 11.3 Å². The lowest BCUT2D eigenvalue weighted by molar-refractivity contribution is -0.121. The van der Waals surface area contributed by atoms with Crippen molar-refractivity contribution in [3.05, 3.63) is 71.4 Å². The minimum atomic E-state index is 0.0628. The van der Waals surface area contributed by atoms with Crippen molar-refractivity contribution in [2.75, 3.05) is 6.54 Å². The van der Waals surface area contributed by atoms with Crippen molar-refractivity contribution in [3.8, 4) is 0 Å². The third kappa shape index (κ3) is 3.68. The lowest BCUT2D eigenvalue weighted by Gasteiger charge is -2.18. The van der Waals surface area contributed by atoms with Gasteiger partial charge in [0, 0.05) is 37.9 Å². The molecule has 0 aliphatic rings. The number of hydrogen-bond donors (Lipinski definition) is 1. The number of amides is 1. The maximum atomic E-state index is 12.2. The molecule has 0 bridgehead atoms. The molecule has 3 aromatic heterocycles. The van der Waals surface area contributed by atoms with Crippen molar-refractivity contribution in [2.24, 2.45) is 0 Å². The molecule has 1 atom stereocenters. The van der Waals surface area contributed by atoms with Crippen molar-refractivity contribution in [1.82, 2.24) is 14.5 Å². The number of carbonyl (C=O) groups is 1. The molecule has 0 aromatic carbocycles. The Balaban J connectivity index is 1.57. The molecule has 1 amide bonds. The largest absolute Gasteiger partial charge is 0.354 e. The maximum Gasteiger partial charge on any atom is 0.222 e. The number of carbonyl (C=O) groups excluding carboxylic acids is 1. The molecule has 0 saturated heterocycles.